The average Bonchev–Trinajstić information content (AvgIpc) is 3.16. The largest absolute Gasteiger partial charge is 0.384 e. The van der Waals surface area contributed by atoms with E-state index in [-0.39, 0.29) is 30.6 Å². The Balaban J connectivity index is 1.49. The lowest BCUT2D eigenvalue weighted by atomic mass is 9.91. The van der Waals surface area contributed by atoms with Crippen molar-refractivity contribution < 1.29 is 14.7 Å². The van der Waals surface area contributed by atoms with Gasteiger partial charge in [-0.25, -0.2) is 0 Å². The van der Waals surface area contributed by atoms with Gasteiger partial charge in [0.1, 0.15) is 17.5 Å². The predicted octanol–water partition coefficient (Wildman–Crippen LogP) is 0.341. The number of amides is 2. The maximum absolute atomic E-state index is 12.6. The molecule has 0 unspecified atom stereocenters. The number of hydrogen-bond donors (Lipinski definition) is 6. The number of rotatable bonds is 7. The van der Waals surface area contributed by atoms with Gasteiger partial charge in [0.05, 0.1) is 6.04 Å². The van der Waals surface area contributed by atoms with Crippen LogP contribution in [-0.2, 0) is 21.7 Å². The molecule has 0 aliphatic carbocycles. The summed E-state index contributed by atoms with van der Waals surface area (Å²) in [5.41, 5.74) is 6.55. The number of benzene rings is 2. The summed E-state index contributed by atoms with van der Waals surface area (Å²) < 4.78 is 0. The molecular formula is C22H27N5O3. The average molecular weight is 409 g/mol. The second-order valence-electron chi connectivity index (χ2n) is 7.59. The van der Waals surface area contributed by atoms with E-state index in [0.717, 1.165) is 11.1 Å². The van der Waals surface area contributed by atoms with E-state index in [1.54, 1.807) is 31.2 Å². The van der Waals surface area contributed by atoms with Gasteiger partial charge in [0, 0.05) is 25.1 Å². The van der Waals surface area contributed by atoms with Crippen LogP contribution in [0.25, 0.3) is 0 Å². The van der Waals surface area contributed by atoms with E-state index in [0.29, 0.717) is 12.1 Å². The van der Waals surface area contributed by atoms with Gasteiger partial charge in [-0.2, -0.15) is 0 Å². The lowest BCUT2D eigenvalue weighted by molar-refractivity contribution is -0.129. The first-order valence-electron chi connectivity index (χ1n) is 9.81. The molecule has 8 nitrogen and oxygen atoms in total. The number of carbonyl (C=O) groups excluding carboxylic acids is 2. The molecule has 1 heterocycles. The van der Waals surface area contributed by atoms with E-state index < -0.39 is 17.7 Å². The van der Waals surface area contributed by atoms with Crippen LogP contribution in [0.5, 0.6) is 0 Å². The normalized spacial score (nSPS) is 21.6. The van der Waals surface area contributed by atoms with Crippen LogP contribution < -0.4 is 21.7 Å². The highest BCUT2D eigenvalue weighted by molar-refractivity contribution is 5.95. The van der Waals surface area contributed by atoms with Crippen molar-refractivity contribution in [2.45, 2.75) is 37.6 Å². The van der Waals surface area contributed by atoms with E-state index in [1.807, 2.05) is 30.3 Å². The lowest BCUT2D eigenvalue weighted by Gasteiger charge is -2.22. The van der Waals surface area contributed by atoms with E-state index in [1.165, 1.54) is 0 Å². The highest BCUT2D eigenvalue weighted by Gasteiger charge is 2.41. The Morgan fingerprint density at radius 2 is 1.90 bits per heavy atom. The fraction of sp³-hybridized carbons (Fsp3) is 0.318. The monoisotopic (exact) mass is 409 g/mol. The molecule has 30 heavy (non-hydrogen) atoms. The van der Waals surface area contributed by atoms with Gasteiger partial charge >= 0.3 is 0 Å². The summed E-state index contributed by atoms with van der Waals surface area (Å²) >= 11 is 0. The minimum Gasteiger partial charge on any atom is -0.384 e. The van der Waals surface area contributed by atoms with Gasteiger partial charge < -0.3 is 26.8 Å². The predicted molar refractivity (Wildman–Crippen MR) is 114 cm³/mol. The molecule has 2 aromatic carbocycles. The van der Waals surface area contributed by atoms with Crippen molar-refractivity contribution in [3.8, 4) is 0 Å². The molecule has 1 aliphatic rings. The summed E-state index contributed by atoms with van der Waals surface area (Å²) in [7, 11) is 0. The van der Waals surface area contributed by atoms with Gasteiger partial charge in [0.15, 0.2) is 0 Å². The molecule has 0 aromatic heterocycles. The summed E-state index contributed by atoms with van der Waals surface area (Å²) in [5.74, 6) is -0.646. The maximum Gasteiger partial charge on any atom is 0.242 e. The van der Waals surface area contributed by atoms with E-state index >= 15 is 0 Å². The lowest BCUT2D eigenvalue weighted by Crippen LogP contribution is -2.50. The van der Waals surface area contributed by atoms with Crippen LogP contribution in [-0.4, -0.2) is 41.4 Å². The standard InChI is InChI=1S/C22H27N5O3/c1-14(20(28)25-12-15-7-9-16(10-8-15)19(23)24)27-21(29)18-11-22(30,13-26-18)17-5-3-2-4-6-17/h2-10,14,18,26,30H,11-13H2,1H3,(H3,23,24)(H,25,28)(H,27,29)/t14-,18+,22+/m0/s1. The Morgan fingerprint density at radius 1 is 1.23 bits per heavy atom. The first-order chi connectivity index (χ1) is 14.3. The van der Waals surface area contributed by atoms with Gasteiger partial charge in [-0.3, -0.25) is 15.0 Å². The molecule has 2 aromatic rings. The van der Waals surface area contributed by atoms with Gasteiger partial charge in [0.25, 0.3) is 0 Å². The van der Waals surface area contributed by atoms with Crippen molar-refractivity contribution in [3.05, 3.63) is 71.3 Å². The van der Waals surface area contributed by atoms with E-state index in [9.17, 15) is 14.7 Å². The van der Waals surface area contributed by atoms with Crippen molar-refractivity contribution in [1.29, 1.82) is 5.41 Å². The molecule has 0 spiro atoms. The summed E-state index contributed by atoms with van der Waals surface area (Å²) in [6, 6.07) is 14.9. The highest BCUT2D eigenvalue weighted by Crippen LogP contribution is 2.30. The summed E-state index contributed by atoms with van der Waals surface area (Å²) in [5, 5.41) is 26.8. The smallest absolute Gasteiger partial charge is 0.242 e. The van der Waals surface area contributed by atoms with Crippen LogP contribution in [0.1, 0.15) is 30.0 Å². The third kappa shape index (κ3) is 5.03. The molecule has 8 heteroatoms. The summed E-state index contributed by atoms with van der Waals surface area (Å²) in [4.78, 5) is 24.9. The first-order valence-corrected chi connectivity index (χ1v) is 9.81. The third-order valence-corrected chi connectivity index (χ3v) is 5.29. The van der Waals surface area contributed by atoms with Gasteiger partial charge in [-0.05, 0) is 18.1 Å². The van der Waals surface area contributed by atoms with Crippen LogP contribution in [0, 0.1) is 5.41 Å². The molecule has 0 bridgehead atoms. The Morgan fingerprint density at radius 3 is 2.53 bits per heavy atom. The second kappa shape index (κ2) is 9.06. The fourth-order valence-electron chi connectivity index (χ4n) is 3.45. The highest BCUT2D eigenvalue weighted by atomic mass is 16.3. The number of hydrogen-bond acceptors (Lipinski definition) is 5. The maximum atomic E-state index is 12.6. The number of aliphatic hydroxyl groups is 1. The molecule has 1 saturated heterocycles. The van der Waals surface area contributed by atoms with Crippen LogP contribution in [0.2, 0.25) is 0 Å². The Hall–Kier alpha value is -3.23. The van der Waals surface area contributed by atoms with Crippen LogP contribution in [0.3, 0.4) is 0 Å². The number of carbonyl (C=O) groups is 2. The molecular weight excluding hydrogens is 382 g/mol. The van der Waals surface area contributed by atoms with Gasteiger partial charge in [-0.1, -0.05) is 54.6 Å². The summed E-state index contributed by atoms with van der Waals surface area (Å²) in [6.45, 7) is 2.18. The van der Waals surface area contributed by atoms with Crippen molar-refractivity contribution in [2.24, 2.45) is 5.73 Å². The van der Waals surface area contributed by atoms with Crippen LogP contribution in [0.15, 0.2) is 54.6 Å². The molecule has 7 N–H and O–H groups in total. The number of nitrogens with two attached hydrogens (primary N) is 1. The number of nitrogen functional groups attached to an aromatic ring is 1. The Labute approximate surface area is 175 Å². The summed E-state index contributed by atoms with van der Waals surface area (Å²) in [6.07, 6.45) is 0.236. The topological polar surface area (TPSA) is 140 Å². The molecule has 2 amide bonds. The molecule has 3 atom stereocenters. The fourth-order valence-corrected chi connectivity index (χ4v) is 3.45. The van der Waals surface area contributed by atoms with Crippen molar-refractivity contribution in [1.82, 2.24) is 16.0 Å². The zero-order valence-corrected chi connectivity index (χ0v) is 16.8. The van der Waals surface area contributed by atoms with Crippen molar-refractivity contribution in [3.63, 3.8) is 0 Å². The van der Waals surface area contributed by atoms with Gasteiger partial charge in [-0.15, -0.1) is 0 Å². The molecule has 0 radical (unpaired) electrons. The number of nitrogens with one attached hydrogen (secondary N) is 4. The zero-order chi connectivity index (χ0) is 21.7. The third-order valence-electron chi connectivity index (χ3n) is 5.29. The van der Waals surface area contributed by atoms with Crippen molar-refractivity contribution >= 4 is 17.6 Å². The van der Waals surface area contributed by atoms with Gasteiger partial charge in [0.2, 0.25) is 11.8 Å². The first kappa shape index (κ1) is 21.5. The van der Waals surface area contributed by atoms with E-state index in [4.69, 9.17) is 11.1 Å². The second-order valence-corrected chi connectivity index (χ2v) is 7.59. The Kier molecular flexibility index (Phi) is 6.49. The SMILES string of the molecule is C[C@H](NC(=O)[C@H]1C[C@](O)(c2ccccc2)CN1)C(=O)NCc1ccc(C(=N)N)cc1. The molecule has 0 saturated carbocycles. The minimum atomic E-state index is -1.11. The quantitative estimate of drug-likeness (QED) is 0.289. The minimum absolute atomic E-state index is 0.0124. The Bertz CT molecular complexity index is 916. The number of β-amino-alcohol motifs (C(OH)–C–C–N with tert-alkyl or cyclic N) is 1. The van der Waals surface area contributed by atoms with Crippen molar-refractivity contribution in [2.75, 3.05) is 6.54 Å². The molecule has 1 fully saturated rings. The molecule has 1 aliphatic heterocycles. The zero-order valence-electron chi connectivity index (χ0n) is 16.8. The molecule has 158 valence electrons. The van der Waals surface area contributed by atoms with E-state index in [2.05, 4.69) is 16.0 Å². The van der Waals surface area contributed by atoms with Crippen LogP contribution in [0.4, 0.5) is 0 Å². The van der Waals surface area contributed by atoms with Crippen LogP contribution >= 0.6 is 0 Å². The molecule has 3 rings (SSSR count). The number of amidine groups is 1.